The van der Waals surface area contributed by atoms with Crippen LogP contribution in [0.25, 0.3) is 0 Å². The van der Waals surface area contributed by atoms with Gasteiger partial charge in [0, 0.05) is 31.2 Å². The van der Waals surface area contributed by atoms with Crippen molar-refractivity contribution in [1.29, 1.82) is 0 Å². The molecule has 3 heteroatoms. The highest BCUT2D eigenvalue weighted by Gasteiger charge is 2.16. The molecular weight excluding hydrogens is 260 g/mol. The molecule has 0 spiro atoms. The van der Waals surface area contributed by atoms with Crippen molar-refractivity contribution in [3.63, 3.8) is 0 Å². The van der Waals surface area contributed by atoms with Crippen LogP contribution >= 0.6 is 0 Å². The molecule has 0 radical (unpaired) electrons. The first-order chi connectivity index (χ1) is 10.1. The summed E-state index contributed by atoms with van der Waals surface area (Å²) in [5, 5.41) is 2.99. The van der Waals surface area contributed by atoms with Gasteiger partial charge in [0.2, 0.25) is 5.91 Å². The van der Waals surface area contributed by atoms with Crippen molar-refractivity contribution in [2.24, 2.45) is 5.92 Å². The Bertz CT molecular complexity index is 482. The quantitative estimate of drug-likeness (QED) is 0.872. The molecule has 0 fully saturated rings. The maximum atomic E-state index is 11.6. The lowest BCUT2D eigenvalue weighted by Gasteiger charge is -2.31. The van der Waals surface area contributed by atoms with E-state index in [9.17, 15) is 4.79 Å². The third-order valence-corrected chi connectivity index (χ3v) is 4.09. The lowest BCUT2D eigenvalue weighted by molar-refractivity contribution is -0.123. The van der Waals surface area contributed by atoms with Gasteiger partial charge in [-0.1, -0.05) is 32.9 Å². The van der Waals surface area contributed by atoms with E-state index in [1.54, 1.807) is 0 Å². The average Bonchev–Trinajstić information content (AvgIpc) is 2.47. The molecule has 1 aliphatic rings. The third-order valence-electron chi connectivity index (χ3n) is 4.09. The number of rotatable bonds is 6. The summed E-state index contributed by atoms with van der Waals surface area (Å²) in [5.74, 6) is 0.207. The molecule has 3 nitrogen and oxygen atoms in total. The molecule has 1 aromatic rings. The minimum atomic E-state index is 0.0659. The molecule has 0 saturated carbocycles. The first-order valence-electron chi connectivity index (χ1n) is 8.26. The monoisotopic (exact) mass is 288 g/mol. The third kappa shape index (κ3) is 4.23. The van der Waals surface area contributed by atoms with Gasteiger partial charge >= 0.3 is 0 Å². The van der Waals surface area contributed by atoms with E-state index in [2.05, 4.69) is 35.3 Å². The van der Waals surface area contributed by atoms with E-state index in [1.807, 2.05) is 13.8 Å². The van der Waals surface area contributed by atoms with E-state index >= 15 is 0 Å². The van der Waals surface area contributed by atoms with Crippen LogP contribution in [0.1, 0.15) is 44.7 Å². The Balaban J connectivity index is 1.96. The highest BCUT2D eigenvalue weighted by atomic mass is 16.1. The summed E-state index contributed by atoms with van der Waals surface area (Å²) in [6.07, 6.45) is 4.55. The van der Waals surface area contributed by atoms with Crippen LogP contribution in [-0.4, -0.2) is 25.5 Å². The zero-order valence-corrected chi connectivity index (χ0v) is 13.6. The van der Waals surface area contributed by atoms with Gasteiger partial charge < -0.3 is 10.2 Å². The molecule has 2 rings (SSSR count). The molecule has 1 amide bonds. The molecule has 1 aromatic carbocycles. The summed E-state index contributed by atoms with van der Waals surface area (Å²) in [5.41, 5.74) is 4.22. The summed E-state index contributed by atoms with van der Waals surface area (Å²) in [7, 11) is 0. The number of anilines is 1. The topological polar surface area (TPSA) is 32.3 Å². The second-order valence-electron chi connectivity index (χ2n) is 6.25. The van der Waals surface area contributed by atoms with Gasteiger partial charge in [-0.3, -0.25) is 4.79 Å². The van der Waals surface area contributed by atoms with Gasteiger partial charge in [0.05, 0.1) is 0 Å². The second-order valence-corrected chi connectivity index (χ2v) is 6.25. The fraction of sp³-hybridized carbons (Fsp3) is 0.611. The van der Waals surface area contributed by atoms with Crippen LogP contribution in [0.4, 0.5) is 5.69 Å². The lowest BCUT2D eigenvalue weighted by atomic mass is 9.98. The number of nitrogens with one attached hydrogen (secondary N) is 1. The van der Waals surface area contributed by atoms with Gasteiger partial charge in [-0.15, -0.1) is 0 Å². The average molecular weight is 288 g/mol. The van der Waals surface area contributed by atoms with Crippen molar-refractivity contribution >= 4 is 11.6 Å². The SMILES string of the molecule is CCCN1CCCc2cc(CCNC(=O)C(C)C)ccc21. The van der Waals surface area contributed by atoms with Crippen LogP contribution in [0.3, 0.4) is 0 Å². The summed E-state index contributed by atoms with van der Waals surface area (Å²) in [4.78, 5) is 14.1. The van der Waals surface area contributed by atoms with Crippen molar-refractivity contribution < 1.29 is 4.79 Å². The predicted octanol–water partition coefficient (Wildman–Crippen LogP) is 3.16. The number of aryl methyl sites for hydroxylation is 1. The van der Waals surface area contributed by atoms with Gasteiger partial charge in [-0.25, -0.2) is 0 Å². The standard InChI is InChI=1S/C18H28N2O/c1-4-11-20-12-5-6-16-13-15(7-8-17(16)20)9-10-19-18(21)14(2)3/h7-8,13-14H,4-6,9-12H2,1-3H3,(H,19,21). The van der Waals surface area contributed by atoms with E-state index in [0.29, 0.717) is 0 Å². The Morgan fingerprint density at radius 2 is 2.19 bits per heavy atom. The molecule has 21 heavy (non-hydrogen) atoms. The van der Waals surface area contributed by atoms with Crippen LogP contribution in [-0.2, 0) is 17.6 Å². The van der Waals surface area contributed by atoms with E-state index < -0.39 is 0 Å². The Kier molecular flexibility index (Phi) is 5.66. The van der Waals surface area contributed by atoms with Crippen molar-refractivity contribution in [2.45, 2.75) is 46.5 Å². The Labute approximate surface area is 128 Å². The summed E-state index contributed by atoms with van der Waals surface area (Å²) in [6, 6.07) is 6.82. The number of carbonyl (C=O) groups is 1. The van der Waals surface area contributed by atoms with Crippen LogP contribution in [0.5, 0.6) is 0 Å². The molecule has 1 heterocycles. The Morgan fingerprint density at radius 1 is 1.38 bits per heavy atom. The molecule has 0 aliphatic carbocycles. The van der Waals surface area contributed by atoms with Gasteiger partial charge in [-0.2, -0.15) is 0 Å². The number of carbonyl (C=O) groups excluding carboxylic acids is 1. The van der Waals surface area contributed by atoms with E-state index in [1.165, 1.54) is 42.6 Å². The maximum Gasteiger partial charge on any atom is 0.222 e. The van der Waals surface area contributed by atoms with Crippen molar-refractivity contribution in [2.75, 3.05) is 24.5 Å². The molecule has 0 bridgehead atoms. The molecule has 0 atom stereocenters. The zero-order chi connectivity index (χ0) is 15.2. The molecule has 116 valence electrons. The number of fused-ring (bicyclic) bond motifs is 1. The predicted molar refractivity (Wildman–Crippen MR) is 88.8 cm³/mol. The van der Waals surface area contributed by atoms with Gasteiger partial charge in [-0.05, 0) is 42.9 Å². The number of hydrogen-bond donors (Lipinski definition) is 1. The molecule has 0 unspecified atom stereocenters. The van der Waals surface area contributed by atoms with Gasteiger partial charge in [0.15, 0.2) is 0 Å². The summed E-state index contributed by atoms with van der Waals surface area (Å²) >= 11 is 0. The first-order valence-corrected chi connectivity index (χ1v) is 8.26. The molecule has 1 aliphatic heterocycles. The number of nitrogens with zero attached hydrogens (tertiary/aromatic N) is 1. The normalized spacial score (nSPS) is 14.2. The van der Waals surface area contributed by atoms with Crippen molar-refractivity contribution in [1.82, 2.24) is 5.32 Å². The zero-order valence-electron chi connectivity index (χ0n) is 13.6. The number of hydrogen-bond acceptors (Lipinski definition) is 2. The maximum absolute atomic E-state index is 11.6. The smallest absolute Gasteiger partial charge is 0.222 e. The highest BCUT2D eigenvalue weighted by Crippen LogP contribution is 2.28. The van der Waals surface area contributed by atoms with Crippen LogP contribution in [0, 0.1) is 5.92 Å². The van der Waals surface area contributed by atoms with Crippen LogP contribution in [0.2, 0.25) is 0 Å². The Morgan fingerprint density at radius 3 is 2.90 bits per heavy atom. The molecule has 1 N–H and O–H groups in total. The highest BCUT2D eigenvalue weighted by molar-refractivity contribution is 5.77. The van der Waals surface area contributed by atoms with Gasteiger partial charge in [0.1, 0.15) is 0 Å². The fourth-order valence-electron chi connectivity index (χ4n) is 2.92. The van der Waals surface area contributed by atoms with E-state index in [4.69, 9.17) is 0 Å². The summed E-state index contributed by atoms with van der Waals surface area (Å²) in [6.45, 7) is 9.16. The minimum absolute atomic E-state index is 0.0659. The molecule has 0 saturated heterocycles. The fourth-order valence-corrected chi connectivity index (χ4v) is 2.92. The van der Waals surface area contributed by atoms with E-state index in [-0.39, 0.29) is 11.8 Å². The summed E-state index contributed by atoms with van der Waals surface area (Å²) < 4.78 is 0. The van der Waals surface area contributed by atoms with Crippen LogP contribution in [0.15, 0.2) is 18.2 Å². The Hall–Kier alpha value is -1.51. The van der Waals surface area contributed by atoms with Crippen molar-refractivity contribution in [3.8, 4) is 0 Å². The van der Waals surface area contributed by atoms with Crippen LogP contribution < -0.4 is 10.2 Å². The first kappa shape index (κ1) is 15.9. The number of benzene rings is 1. The minimum Gasteiger partial charge on any atom is -0.371 e. The molecule has 0 aromatic heterocycles. The second kappa shape index (κ2) is 7.48. The van der Waals surface area contributed by atoms with Gasteiger partial charge in [0.25, 0.3) is 0 Å². The number of amides is 1. The lowest BCUT2D eigenvalue weighted by Crippen LogP contribution is -2.30. The largest absolute Gasteiger partial charge is 0.371 e. The van der Waals surface area contributed by atoms with Crippen molar-refractivity contribution in [3.05, 3.63) is 29.3 Å². The molecular formula is C18H28N2O. The van der Waals surface area contributed by atoms with E-state index in [0.717, 1.165) is 19.5 Å².